The molecule has 0 atom stereocenters. The second kappa shape index (κ2) is 6.41. The minimum Gasteiger partial charge on any atom is -0.476 e. The topological polar surface area (TPSA) is 84.2 Å². The van der Waals surface area contributed by atoms with E-state index in [2.05, 4.69) is 10.3 Å². The van der Waals surface area contributed by atoms with E-state index in [1.165, 1.54) is 12.5 Å². The fourth-order valence-electron chi connectivity index (χ4n) is 1.84. The highest BCUT2D eigenvalue weighted by Crippen LogP contribution is 2.18. The average Bonchev–Trinajstić information content (AvgIpc) is 2.91. The molecule has 2 aromatic rings. The molecule has 1 aromatic carbocycles. The molecule has 0 aliphatic heterocycles. The predicted octanol–water partition coefficient (Wildman–Crippen LogP) is 1.97. The lowest BCUT2D eigenvalue weighted by molar-refractivity contribution is 0.0690. The molecule has 0 spiro atoms. The number of hydrogen-bond acceptors (Lipinski definition) is 3. The molecule has 21 heavy (non-hydrogen) atoms. The first-order valence-electron chi connectivity index (χ1n) is 6.27. The quantitative estimate of drug-likeness (QED) is 0.884. The van der Waals surface area contributed by atoms with Crippen molar-refractivity contribution in [1.29, 1.82) is 0 Å². The number of rotatable bonds is 5. The Kier molecular flexibility index (Phi) is 4.59. The second-order valence-corrected chi connectivity index (χ2v) is 4.88. The predicted molar refractivity (Wildman–Crippen MR) is 77.7 cm³/mol. The van der Waals surface area contributed by atoms with Gasteiger partial charge >= 0.3 is 5.97 Å². The van der Waals surface area contributed by atoms with E-state index in [-0.39, 0.29) is 11.6 Å². The van der Waals surface area contributed by atoms with Gasteiger partial charge in [0.1, 0.15) is 0 Å². The van der Waals surface area contributed by atoms with Gasteiger partial charge in [0.15, 0.2) is 5.69 Å². The molecule has 0 aliphatic rings. The number of nitrogens with one attached hydrogen (secondary N) is 1. The van der Waals surface area contributed by atoms with Crippen molar-refractivity contribution in [1.82, 2.24) is 14.9 Å². The van der Waals surface area contributed by atoms with Crippen molar-refractivity contribution in [3.05, 3.63) is 52.6 Å². The molecule has 0 unspecified atom stereocenters. The Morgan fingerprint density at radius 1 is 1.43 bits per heavy atom. The summed E-state index contributed by atoms with van der Waals surface area (Å²) < 4.78 is 1.61. The number of halogens is 1. The van der Waals surface area contributed by atoms with Gasteiger partial charge in [-0.25, -0.2) is 9.78 Å². The highest BCUT2D eigenvalue weighted by molar-refractivity contribution is 6.31. The molecule has 110 valence electrons. The van der Waals surface area contributed by atoms with Crippen LogP contribution < -0.4 is 5.32 Å². The van der Waals surface area contributed by atoms with Crippen LogP contribution in [0.4, 0.5) is 0 Å². The summed E-state index contributed by atoms with van der Waals surface area (Å²) in [5.74, 6) is -1.29. The van der Waals surface area contributed by atoms with Crippen LogP contribution >= 0.6 is 11.6 Å². The lowest BCUT2D eigenvalue weighted by Crippen LogP contribution is -2.27. The number of hydrogen-bond donors (Lipinski definition) is 2. The van der Waals surface area contributed by atoms with Crippen LogP contribution in [0.1, 0.15) is 26.4 Å². The van der Waals surface area contributed by atoms with Crippen molar-refractivity contribution >= 4 is 23.5 Å². The second-order valence-electron chi connectivity index (χ2n) is 4.47. The summed E-state index contributed by atoms with van der Waals surface area (Å²) in [4.78, 5) is 26.5. The van der Waals surface area contributed by atoms with Crippen LogP contribution in [0.25, 0.3) is 0 Å². The lowest BCUT2D eigenvalue weighted by Gasteiger charge is -2.09. The van der Waals surface area contributed by atoms with Crippen LogP contribution in [0, 0.1) is 6.92 Å². The summed E-state index contributed by atoms with van der Waals surface area (Å²) in [5.41, 5.74) is 1.24. The maximum Gasteiger partial charge on any atom is 0.356 e. The van der Waals surface area contributed by atoms with Crippen LogP contribution in [-0.2, 0) is 6.54 Å². The van der Waals surface area contributed by atoms with Crippen LogP contribution in [0.5, 0.6) is 0 Å². The maximum absolute atomic E-state index is 12.0. The van der Waals surface area contributed by atoms with E-state index in [1.54, 1.807) is 29.7 Å². The van der Waals surface area contributed by atoms with Gasteiger partial charge in [0, 0.05) is 29.9 Å². The fraction of sp³-hybridized carbons (Fsp3) is 0.214. The van der Waals surface area contributed by atoms with Gasteiger partial charge in [-0.2, -0.15) is 0 Å². The molecule has 0 fully saturated rings. The molecule has 6 nitrogen and oxygen atoms in total. The van der Waals surface area contributed by atoms with E-state index in [9.17, 15) is 9.59 Å². The normalized spacial score (nSPS) is 10.4. The molecular formula is C14H14ClN3O3. The van der Waals surface area contributed by atoms with Crippen molar-refractivity contribution in [3.8, 4) is 0 Å². The third-order valence-corrected chi connectivity index (χ3v) is 3.43. The first-order valence-corrected chi connectivity index (χ1v) is 6.65. The largest absolute Gasteiger partial charge is 0.476 e. The van der Waals surface area contributed by atoms with Crippen molar-refractivity contribution in [2.75, 3.05) is 6.54 Å². The number of amides is 1. The standard InChI is InChI=1S/C14H14ClN3O3/c1-9-10(3-2-4-11(9)15)13(19)16-5-6-18-7-12(14(20)21)17-8-18/h2-4,7-8H,5-6H2,1H3,(H,16,19)(H,20,21). The molecule has 1 amide bonds. The Morgan fingerprint density at radius 3 is 2.86 bits per heavy atom. The highest BCUT2D eigenvalue weighted by atomic mass is 35.5. The number of carbonyl (C=O) groups excluding carboxylic acids is 1. The number of aromatic nitrogens is 2. The first kappa shape index (κ1) is 15.1. The molecule has 2 rings (SSSR count). The van der Waals surface area contributed by atoms with Crippen LogP contribution in [0.3, 0.4) is 0 Å². The number of imidazole rings is 1. The van der Waals surface area contributed by atoms with E-state index in [4.69, 9.17) is 16.7 Å². The van der Waals surface area contributed by atoms with E-state index < -0.39 is 5.97 Å². The molecule has 0 aliphatic carbocycles. The number of nitrogens with zero attached hydrogens (tertiary/aromatic N) is 2. The van der Waals surface area contributed by atoms with E-state index in [0.717, 1.165) is 5.56 Å². The van der Waals surface area contributed by atoms with E-state index in [0.29, 0.717) is 23.7 Å². The maximum atomic E-state index is 12.0. The average molecular weight is 308 g/mol. The zero-order chi connectivity index (χ0) is 15.4. The highest BCUT2D eigenvalue weighted by Gasteiger charge is 2.10. The van der Waals surface area contributed by atoms with Crippen LogP contribution in [-0.4, -0.2) is 33.1 Å². The summed E-state index contributed by atoms with van der Waals surface area (Å²) in [6.07, 6.45) is 2.83. The molecule has 7 heteroatoms. The summed E-state index contributed by atoms with van der Waals surface area (Å²) in [7, 11) is 0. The third kappa shape index (κ3) is 3.61. The molecule has 1 heterocycles. The van der Waals surface area contributed by atoms with Crippen LogP contribution in [0.15, 0.2) is 30.7 Å². The van der Waals surface area contributed by atoms with Gasteiger partial charge in [-0.15, -0.1) is 0 Å². The van der Waals surface area contributed by atoms with E-state index in [1.807, 2.05) is 0 Å². The van der Waals surface area contributed by atoms with Crippen molar-refractivity contribution in [3.63, 3.8) is 0 Å². The first-order chi connectivity index (χ1) is 9.99. The van der Waals surface area contributed by atoms with Crippen molar-refractivity contribution < 1.29 is 14.7 Å². The number of carboxylic acid groups (broad SMARTS) is 1. The van der Waals surface area contributed by atoms with Gasteiger partial charge in [-0.3, -0.25) is 4.79 Å². The number of aromatic carboxylic acids is 1. The molecule has 0 saturated carbocycles. The molecule has 2 N–H and O–H groups in total. The Bertz CT molecular complexity index is 682. The Morgan fingerprint density at radius 2 is 2.19 bits per heavy atom. The number of carbonyl (C=O) groups is 2. The van der Waals surface area contributed by atoms with Gasteiger partial charge in [-0.05, 0) is 24.6 Å². The number of benzene rings is 1. The SMILES string of the molecule is Cc1c(Cl)cccc1C(=O)NCCn1cnc(C(=O)O)c1. The smallest absolute Gasteiger partial charge is 0.356 e. The minimum absolute atomic E-state index is 0.0213. The zero-order valence-electron chi connectivity index (χ0n) is 11.3. The monoisotopic (exact) mass is 307 g/mol. The number of carboxylic acids is 1. The molecule has 0 saturated heterocycles. The molecule has 1 aromatic heterocycles. The molecule has 0 bridgehead atoms. The van der Waals surface area contributed by atoms with Gasteiger partial charge in [-0.1, -0.05) is 17.7 Å². The van der Waals surface area contributed by atoms with Gasteiger partial charge < -0.3 is 15.0 Å². The summed E-state index contributed by atoms with van der Waals surface area (Å²) in [6, 6.07) is 5.15. The Balaban J connectivity index is 1.92. The summed E-state index contributed by atoms with van der Waals surface area (Å²) >= 11 is 5.97. The summed E-state index contributed by atoms with van der Waals surface area (Å²) in [6.45, 7) is 2.58. The Hall–Kier alpha value is -2.34. The summed E-state index contributed by atoms with van der Waals surface area (Å²) in [5, 5.41) is 12.1. The van der Waals surface area contributed by atoms with Gasteiger partial charge in [0.2, 0.25) is 0 Å². The molecular weight excluding hydrogens is 294 g/mol. The fourth-order valence-corrected chi connectivity index (χ4v) is 2.01. The van der Waals surface area contributed by atoms with Crippen molar-refractivity contribution in [2.24, 2.45) is 0 Å². The van der Waals surface area contributed by atoms with Gasteiger partial charge in [0.25, 0.3) is 5.91 Å². The Labute approximate surface area is 126 Å². The van der Waals surface area contributed by atoms with Crippen LogP contribution in [0.2, 0.25) is 5.02 Å². The van der Waals surface area contributed by atoms with E-state index >= 15 is 0 Å². The zero-order valence-corrected chi connectivity index (χ0v) is 12.1. The third-order valence-electron chi connectivity index (χ3n) is 3.02. The van der Waals surface area contributed by atoms with Gasteiger partial charge in [0.05, 0.1) is 6.33 Å². The molecule has 0 radical (unpaired) electrons. The lowest BCUT2D eigenvalue weighted by atomic mass is 10.1. The van der Waals surface area contributed by atoms with Crippen molar-refractivity contribution in [2.45, 2.75) is 13.5 Å². The minimum atomic E-state index is -1.08.